The standard InChI is InChI=1S/C28H30N2O3S/c1-33-25-15-9-8-14-24(25)30-28(32)26(20-10-4-2-5-11-20)34-23-18-16-22(17-19-23)29-27(31)21-12-6-3-7-13-21/h2,4-5,8-11,14-19,21,26H,3,6-7,12-13H2,1H3,(H,29,31)(H,30,32). The minimum absolute atomic E-state index is 0.110. The lowest BCUT2D eigenvalue weighted by Crippen LogP contribution is -2.24. The fourth-order valence-electron chi connectivity index (χ4n) is 4.21. The number of thioether (sulfide) groups is 1. The highest BCUT2D eigenvalue weighted by Gasteiger charge is 2.24. The molecule has 2 amide bonds. The molecule has 176 valence electrons. The van der Waals surface area contributed by atoms with Crippen LogP contribution in [0.15, 0.2) is 83.8 Å². The Bertz CT molecular complexity index is 1100. The molecule has 2 N–H and O–H groups in total. The van der Waals surface area contributed by atoms with E-state index >= 15 is 0 Å². The molecule has 0 saturated heterocycles. The Kier molecular flexibility index (Phi) is 8.26. The van der Waals surface area contributed by atoms with Crippen LogP contribution in [0.5, 0.6) is 5.75 Å². The molecule has 1 saturated carbocycles. The van der Waals surface area contributed by atoms with Gasteiger partial charge in [-0.05, 0) is 54.8 Å². The third-order valence-electron chi connectivity index (χ3n) is 6.06. The van der Waals surface area contributed by atoms with Crippen molar-refractivity contribution in [3.8, 4) is 5.75 Å². The third kappa shape index (κ3) is 6.20. The van der Waals surface area contributed by atoms with Gasteiger partial charge in [-0.1, -0.05) is 61.7 Å². The predicted octanol–water partition coefficient (Wildman–Crippen LogP) is 6.69. The van der Waals surface area contributed by atoms with Crippen LogP contribution in [-0.2, 0) is 9.59 Å². The topological polar surface area (TPSA) is 67.4 Å². The molecule has 0 radical (unpaired) electrons. The number of ether oxygens (including phenoxy) is 1. The van der Waals surface area contributed by atoms with Gasteiger partial charge in [0.05, 0.1) is 12.8 Å². The lowest BCUT2D eigenvalue weighted by Gasteiger charge is -2.21. The zero-order valence-electron chi connectivity index (χ0n) is 19.3. The SMILES string of the molecule is COc1ccccc1NC(=O)C(Sc1ccc(NC(=O)C2CCCCC2)cc1)c1ccccc1. The fourth-order valence-corrected chi connectivity index (χ4v) is 5.23. The predicted molar refractivity (Wildman–Crippen MR) is 138 cm³/mol. The van der Waals surface area contributed by atoms with Gasteiger partial charge in [0.1, 0.15) is 11.0 Å². The van der Waals surface area contributed by atoms with Crippen molar-refractivity contribution < 1.29 is 14.3 Å². The molecule has 6 heteroatoms. The number of nitrogens with one attached hydrogen (secondary N) is 2. The van der Waals surface area contributed by atoms with Crippen molar-refractivity contribution in [2.24, 2.45) is 5.92 Å². The summed E-state index contributed by atoms with van der Waals surface area (Å²) in [4.78, 5) is 26.8. The number of rotatable bonds is 8. The normalized spacial score (nSPS) is 14.7. The van der Waals surface area contributed by atoms with Crippen LogP contribution in [0, 0.1) is 5.92 Å². The van der Waals surface area contributed by atoms with E-state index < -0.39 is 5.25 Å². The summed E-state index contributed by atoms with van der Waals surface area (Å²) in [6, 6.07) is 24.8. The second kappa shape index (κ2) is 11.7. The van der Waals surface area contributed by atoms with Gasteiger partial charge < -0.3 is 15.4 Å². The molecule has 1 aliphatic rings. The largest absolute Gasteiger partial charge is 0.495 e. The molecule has 34 heavy (non-hydrogen) atoms. The van der Waals surface area contributed by atoms with Gasteiger partial charge in [-0.3, -0.25) is 9.59 Å². The number of amides is 2. The summed E-state index contributed by atoms with van der Waals surface area (Å²) in [6.07, 6.45) is 5.43. The Balaban J connectivity index is 1.47. The van der Waals surface area contributed by atoms with Crippen molar-refractivity contribution in [3.63, 3.8) is 0 Å². The molecule has 0 spiro atoms. The number of hydrogen-bond donors (Lipinski definition) is 2. The second-order valence-corrected chi connectivity index (χ2v) is 9.63. The average molecular weight is 475 g/mol. The molecule has 3 aromatic rings. The van der Waals surface area contributed by atoms with E-state index in [1.54, 1.807) is 7.11 Å². The highest BCUT2D eigenvalue weighted by atomic mass is 32.2. The second-order valence-electron chi connectivity index (χ2n) is 8.45. The van der Waals surface area contributed by atoms with E-state index in [-0.39, 0.29) is 17.7 Å². The number of hydrogen-bond acceptors (Lipinski definition) is 4. The fraction of sp³-hybridized carbons (Fsp3) is 0.286. The summed E-state index contributed by atoms with van der Waals surface area (Å²) in [7, 11) is 1.59. The maximum atomic E-state index is 13.3. The molecule has 1 unspecified atom stereocenters. The molecule has 1 atom stereocenters. The first-order chi connectivity index (χ1) is 16.6. The summed E-state index contributed by atoms with van der Waals surface area (Å²) < 4.78 is 5.38. The van der Waals surface area contributed by atoms with E-state index in [0.29, 0.717) is 11.4 Å². The van der Waals surface area contributed by atoms with Crippen molar-refractivity contribution in [1.29, 1.82) is 0 Å². The zero-order valence-corrected chi connectivity index (χ0v) is 20.1. The molecule has 0 aromatic heterocycles. The first kappa shape index (κ1) is 23.9. The van der Waals surface area contributed by atoms with Crippen LogP contribution in [-0.4, -0.2) is 18.9 Å². The van der Waals surface area contributed by atoms with E-state index in [1.165, 1.54) is 18.2 Å². The van der Waals surface area contributed by atoms with E-state index in [2.05, 4.69) is 10.6 Å². The Labute approximate surface area is 205 Å². The lowest BCUT2D eigenvalue weighted by molar-refractivity contribution is -0.120. The van der Waals surface area contributed by atoms with Crippen LogP contribution >= 0.6 is 11.8 Å². The van der Waals surface area contributed by atoms with Gasteiger partial charge in [0.25, 0.3) is 0 Å². The molecule has 0 bridgehead atoms. The summed E-state index contributed by atoms with van der Waals surface area (Å²) in [5, 5.41) is 5.61. The summed E-state index contributed by atoms with van der Waals surface area (Å²) in [6.45, 7) is 0. The van der Waals surface area contributed by atoms with Gasteiger partial charge in [-0.15, -0.1) is 11.8 Å². The Morgan fingerprint density at radius 2 is 1.53 bits per heavy atom. The van der Waals surface area contributed by atoms with Gasteiger partial charge in [0.15, 0.2) is 0 Å². The molecule has 1 aliphatic carbocycles. The molecular formula is C28H30N2O3S. The maximum absolute atomic E-state index is 13.3. The van der Waals surface area contributed by atoms with Gasteiger partial charge in [-0.2, -0.15) is 0 Å². The molecule has 5 nitrogen and oxygen atoms in total. The first-order valence-electron chi connectivity index (χ1n) is 11.7. The van der Waals surface area contributed by atoms with E-state index in [1.807, 2.05) is 78.9 Å². The van der Waals surface area contributed by atoms with Crippen LogP contribution in [0.2, 0.25) is 0 Å². The zero-order chi connectivity index (χ0) is 23.8. The van der Waals surface area contributed by atoms with Crippen LogP contribution < -0.4 is 15.4 Å². The van der Waals surface area contributed by atoms with Gasteiger partial charge in [0, 0.05) is 16.5 Å². The maximum Gasteiger partial charge on any atom is 0.242 e. The average Bonchev–Trinajstić information content (AvgIpc) is 2.89. The van der Waals surface area contributed by atoms with Gasteiger partial charge in [0.2, 0.25) is 11.8 Å². The highest BCUT2D eigenvalue weighted by molar-refractivity contribution is 8.00. The van der Waals surface area contributed by atoms with Crippen LogP contribution in [0.1, 0.15) is 42.9 Å². The number of methoxy groups -OCH3 is 1. The number of carbonyl (C=O) groups excluding carboxylic acids is 2. The van der Waals surface area contributed by atoms with Crippen molar-refractivity contribution in [3.05, 3.63) is 84.4 Å². The van der Waals surface area contributed by atoms with E-state index in [0.717, 1.165) is 41.8 Å². The Morgan fingerprint density at radius 1 is 0.853 bits per heavy atom. The lowest BCUT2D eigenvalue weighted by atomic mass is 9.88. The number of benzene rings is 3. The van der Waals surface area contributed by atoms with Crippen LogP contribution in [0.25, 0.3) is 0 Å². The van der Waals surface area contributed by atoms with Crippen molar-refractivity contribution in [2.75, 3.05) is 17.7 Å². The quantitative estimate of drug-likeness (QED) is 0.357. The minimum Gasteiger partial charge on any atom is -0.495 e. The smallest absolute Gasteiger partial charge is 0.242 e. The van der Waals surface area contributed by atoms with Crippen molar-refractivity contribution in [1.82, 2.24) is 0 Å². The Morgan fingerprint density at radius 3 is 2.24 bits per heavy atom. The minimum atomic E-state index is -0.450. The molecule has 1 fully saturated rings. The Hall–Kier alpha value is -3.25. The molecular weight excluding hydrogens is 444 g/mol. The molecule has 0 heterocycles. The molecule has 0 aliphatic heterocycles. The van der Waals surface area contributed by atoms with Crippen molar-refractivity contribution in [2.45, 2.75) is 42.2 Å². The monoisotopic (exact) mass is 474 g/mol. The molecule has 3 aromatic carbocycles. The van der Waals surface area contributed by atoms with E-state index in [4.69, 9.17) is 4.74 Å². The number of anilines is 2. The summed E-state index contributed by atoms with van der Waals surface area (Å²) in [5.41, 5.74) is 2.33. The third-order valence-corrected chi connectivity index (χ3v) is 7.32. The van der Waals surface area contributed by atoms with Gasteiger partial charge >= 0.3 is 0 Å². The summed E-state index contributed by atoms with van der Waals surface area (Å²) in [5.74, 6) is 0.712. The van der Waals surface area contributed by atoms with Crippen LogP contribution in [0.4, 0.5) is 11.4 Å². The first-order valence-corrected chi connectivity index (χ1v) is 12.6. The highest BCUT2D eigenvalue weighted by Crippen LogP contribution is 2.37. The van der Waals surface area contributed by atoms with Crippen molar-refractivity contribution >= 4 is 35.0 Å². The summed E-state index contributed by atoms with van der Waals surface area (Å²) >= 11 is 1.47. The number of para-hydroxylation sites is 2. The molecule has 4 rings (SSSR count). The number of carbonyl (C=O) groups is 2. The van der Waals surface area contributed by atoms with Gasteiger partial charge in [-0.25, -0.2) is 0 Å². The van der Waals surface area contributed by atoms with Crippen LogP contribution in [0.3, 0.4) is 0 Å². The van der Waals surface area contributed by atoms with E-state index in [9.17, 15) is 9.59 Å².